The molecule has 0 bridgehead atoms. The maximum atomic E-state index is 12.2. The first kappa shape index (κ1) is 18.8. The van der Waals surface area contributed by atoms with Gasteiger partial charge >= 0.3 is 0 Å². The number of amides is 1. The summed E-state index contributed by atoms with van der Waals surface area (Å²) in [4.78, 5) is 32.4. The largest absolute Gasteiger partial charge is 0.372 e. The zero-order valence-electron chi connectivity index (χ0n) is 15.9. The molecule has 2 fully saturated rings. The van der Waals surface area contributed by atoms with Crippen molar-refractivity contribution < 1.29 is 9.53 Å². The molecule has 2 aromatic rings. The van der Waals surface area contributed by atoms with Crippen LogP contribution in [0.2, 0.25) is 0 Å². The predicted molar refractivity (Wildman–Crippen MR) is 104 cm³/mol. The third kappa shape index (κ3) is 4.45. The van der Waals surface area contributed by atoms with Gasteiger partial charge in [-0.25, -0.2) is 4.68 Å². The Morgan fingerprint density at radius 2 is 1.89 bits per heavy atom. The van der Waals surface area contributed by atoms with E-state index in [-0.39, 0.29) is 18.1 Å². The summed E-state index contributed by atoms with van der Waals surface area (Å²) in [6.07, 6.45) is 4.34. The Morgan fingerprint density at radius 3 is 2.71 bits per heavy atom. The van der Waals surface area contributed by atoms with Crippen molar-refractivity contribution in [3.8, 4) is 11.3 Å². The first-order valence-corrected chi connectivity index (χ1v) is 9.75. The summed E-state index contributed by atoms with van der Waals surface area (Å²) < 4.78 is 6.84. The average Bonchev–Trinajstić information content (AvgIpc) is 2.89. The third-order valence-electron chi connectivity index (χ3n) is 5.29. The zero-order chi connectivity index (χ0) is 19.3. The van der Waals surface area contributed by atoms with Gasteiger partial charge in [-0.15, -0.1) is 0 Å². The maximum absolute atomic E-state index is 12.2. The lowest BCUT2D eigenvalue weighted by atomic mass is 10.0. The van der Waals surface area contributed by atoms with E-state index in [1.165, 1.54) is 0 Å². The lowest BCUT2D eigenvalue weighted by molar-refractivity contribution is -0.134. The highest BCUT2D eigenvalue weighted by molar-refractivity contribution is 5.77. The second-order valence-electron chi connectivity index (χ2n) is 7.39. The van der Waals surface area contributed by atoms with E-state index < -0.39 is 0 Å². The smallest absolute Gasteiger partial charge is 0.266 e. The van der Waals surface area contributed by atoms with Gasteiger partial charge in [0, 0.05) is 69.3 Å². The summed E-state index contributed by atoms with van der Waals surface area (Å²) in [5, 5.41) is 4.52. The van der Waals surface area contributed by atoms with Gasteiger partial charge in [0.05, 0.1) is 12.2 Å². The van der Waals surface area contributed by atoms with Crippen LogP contribution in [0.15, 0.2) is 41.5 Å². The van der Waals surface area contributed by atoms with E-state index in [1.54, 1.807) is 29.2 Å². The molecule has 2 saturated heterocycles. The Morgan fingerprint density at radius 1 is 1.07 bits per heavy atom. The number of nitrogens with zero attached hydrogens (tertiary/aromatic N) is 5. The zero-order valence-corrected chi connectivity index (χ0v) is 15.9. The summed E-state index contributed by atoms with van der Waals surface area (Å²) in [6.45, 7) is 5.70. The van der Waals surface area contributed by atoms with E-state index in [0.29, 0.717) is 19.1 Å². The monoisotopic (exact) mass is 383 g/mol. The van der Waals surface area contributed by atoms with Crippen molar-refractivity contribution in [2.24, 2.45) is 5.92 Å². The molecule has 4 rings (SSSR count). The Bertz CT molecular complexity index is 864. The van der Waals surface area contributed by atoms with Gasteiger partial charge in [-0.05, 0) is 24.6 Å². The molecular weight excluding hydrogens is 358 g/mol. The summed E-state index contributed by atoms with van der Waals surface area (Å²) in [7, 11) is 0. The van der Waals surface area contributed by atoms with E-state index >= 15 is 0 Å². The van der Waals surface area contributed by atoms with Gasteiger partial charge in [0.15, 0.2) is 0 Å². The molecule has 2 aromatic heterocycles. The topological polar surface area (TPSA) is 80.6 Å². The van der Waals surface area contributed by atoms with Crippen LogP contribution in [0.3, 0.4) is 0 Å². The molecule has 0 unspecified atom stereocenters. The second kappa shape index (κ2) is 8.62. The Kier molecular flexibility index (Phi) is 5.78. The van der Waals surface area contributed by atoms with Gasteiger partial charge in [0.1, 0.15) is 6.61 Å². The van der Waals surface area contributed by atoms with Crippen molar-refractivity contribution in [1.82, 2.24) is 24.6 Å². The van der Waals surface area contributed by atoms with Crippen LogP contribution in [0.25, 0.3) is 11.3 Å². The molecule has 2 aliphatic rings. The quantitative estimate of drug-likeness (QED) is 0.722. The number of likely N-dealkylation sites (tertiary alicyclic amines) is 1. The highest BCUT2D eigenvalue weighted by Crippen LogP contribution is 2.18. The fourth-order valence-corrected chi connectivity index (χ4v) is 3.71. The number of carbonyl (C=O) groups is 1. The number of ether oxygens (including phenoxy) is 1. The van der Waals surface area contributed by atoms with Gasteiger partial charge in [0.2, 0.25) is 5.91 Å². The molecule has 8 nitrogen and oxygen atoms in total. The van der Waals surface area contributed by atoms with Gasteiger partial charge in [-0.2, -0.15) is 5.10 Å². The minimum atomic E-state index is -0.0774. The molecular formula is C20H25N5O3. The molecule has 148 valence electrons. The predicted octanol–water partition coefficient (Wildman–Crippen LogP) is 0.486. The van der Waals surface area contributed by atoms with E-state index in [0.717, 1.165) is 50.4 Å². The van der Waals surface area contributed by atoms with Crippen LogP contribution in [0.4, 0.5) is 0 Å². The molecule has 28 heavy (non-hydrogen) atoms. The van der Waals surface area contributed by atoms with Gasteiger partial charge < -0.3 is 14.5 Å². The van der Waals surface area contributed by atoms with Gasteiger partial charge in [-0.1, -0.05) is 0 Å². The number of aromatic nitrogens is 3. The minimum absolute atomic E-state index is 0.0774. The SMILES string of the molecule is O=C1COCCCN1CCN1CC(Cn2nc(-c3ccncc3)ccc2=O)C1. The molecule has 0 radical (unpaired) electrons. The molecule has 1 amide bonds. The van der Waals surface area contributed by atoms with Crippen LogP contribution in [-0.4, -0.2) is 76.4 Å². The van der Waals surface area contributed by atoms with Crippen molar-refractivity contribution in [2.45, 2.75) is 13.0 Å². The normalized spacial score (nSPS) is 18.7. The summed E-state index contributed by atoms with van der Waals surface area (Å²) in [5.74, 6) is 0.485. The molecule has 4 heterocycles. The number of pyridine rings is 1. The van der Waals surface area contributed by atoms with E-state index in [2.05, 4.69) is 15.0 Å². The van der Waals surface area contributed by atoms with Crippen LogP contribution in [0, 0.1) is 5.92 Å². The van der Waals surface area contributed by atoms with Crippen LogP contribution >= 0.6 is 0 Å². The molecule has 0 saturated carbocycles. The van der Waals surface area contributed by atoms with Crippen LogP contribution < -0.4 is 5.56 Å². The Balaban J connectivity index is 1.29. The van der Waals surface area contributed by atoms with Gasteiger partial charge in [-0.3, -0.25) is 14.6 Å². The van der Waals surface area contributed by atoms with Crippen LogP contribution in [0.1, 0.15) is 6.42 Å². The fraction of sp³-hybridized carbons (Fsp3) is 0.500. The summed E-state index contributed by atoms with van der Waals surface area (Å²) in [5.41, 5.74) is 1.65. The first-order chi connectivity index (χ1) is 13.7. The lowest BCUT2D eigenvalue weighted by Crippen LogP contribution is -2.52. The molecule has 0 spiro atoms. The molecule has 0 aliphatic carbocycles. The second-order valence-corrected chi connectivity index (χ2v) is 7.39. The van der Waals surface area contributed by atoms with Crippen molar-refractivity contribution in [2.75, 3.05) is 45.9 Å². The Hall–Kier alpha value is -2.58. The molecule has 0 aromatic carbocycles. The fourth-order valence-electron chi connectivity index (χ4n) is 3.71. The lowest BCUT2D eigenvalue weighted by Gasteiger charge is -2.40. The van der Waals surface area contributed by atoms with Gasteiger partial charge in [0.25, 0.3) is 5.56 Å². The van der Waals surface area contributed by atoms with Crippen molar-refractivity contribution in [3.05, 3.63) is 47.0 Å². The standard InChI is InChI=1S/C20H25N5O3/c26-19-3-2-18(17-4-6-21-7-5-17)22-25(19)14-16-12-23(13-16)9-10-24-8-1-11-28-15-20(24)27/h2-7,16H,1,8-15H2. The average molecular weight is 383 g/mol. The minimum Gasteiger partial charge on any atom is -0.372 e. The number of hydrogen-bond acceptors (Lipinski definition) is 6. The van der Waals surface area contributed by atoms with Crippen molar-refractivity contribution in [3.63, 3.8) is 0 Å². The van der Waals surface area contributed by atoms with E-state index in [4.69, 9.17) is 4.74 Å². The molecule has 0 atom stereocenters. The number of hydrogen-bond donors (Lipinski definition) is 0. The third-order valence-corrected chi connectivity index (χ3v) is 5.29. The molecule has 8 heteroatoms. The van der Waals surface area contributed by atoms with E-state index in [1.807, 2.05) is 17.0 Å². The maximum Gasteiger partial charge on any atom is 0.266 e. The van der Waals surface area contributed by atoms with Crippen LogP contribution in [0.5, 0.6) is 0 Å². The number of carbonyl (C=O) groups excluding carboxylic acids is 1. The summed E-state index contributed by atoms with van der Waals surface area (Å²) >= 11 is 0. The highest BCUT2D eigenvalue weighted by Gasteiger charge is 2.28. The van der Waals surface area contributed by atoms with Crippen molar-refractivity contribution in [1.29, 1.82) is 0 Å². The first-order valence-electron chi connectivity index (χ1n) is 9.75. The van der Waals surface area contributed by atoms with E-state index in [9.17, 15) is 9.59 Å². The number of rotatable bonds is 6. The van der Waals surface area contributed by atoms with Crippen molar-refractivity contribution >= 4 is 5.91 Å². The highest BCUT2D eigenvalue weighted by atomic mass is 16.5. The van der Waals surface area contributed by atoms with Crippen LogP contribution in [-0.2, 0) is 16.1 Å². The Labute approximate surface area is 163 Å². The molecule has 0 N–H and O–H groups in total. The molecule has 2 aliphatic heterocycles. The summed E-state index contributed by atoms with van der Waals surface area (Å²) in [6, 6.07) is 7.10.